The van der Waals surface area contributed by atoms with Gasteiger partial charge in [-0.3, -0.25) is 19.2 Å². The molecule has 0 bridgehead atoms. The lowest BCUT2D eigenvalue weighted by atomic mass is 9.63. The first-order valence-electron chi connectivity index (χ1n) is 15.5. The average Bonchev–Trinajstić information content (AvgIpc) is 3.44. The maximum atomic E-state index is 14.3. The first-order chi connectivity index (χ1) is 19.6. The normalized spacial score (nSPS) is 32.6. The molecule has 4 aliphatic rings. The Morgan fingerprint density at radius 1 is 1.10 bits per heavy atom. The van der Waals surface area contributed by atoms with Gasteiger partial charge < -0.3 is 0 Å². The fraction of sp³-hybridized carbons (Fsp3) is 0.742. The zero-order chi connectivity index (χ0) is 28.9. The van der Waals surface area contributed by atoms with Crippen LogP contribution < -0.4 is 11.0 Å². The minimum Gasteiger partial charge on any atom is -0.299 e. The van der Waals surface area contributed by atoms with Crippen LogP contribution in [0.4, 0.5) is 13.2 Å². The third-order valence-corrected chi connectivity index (χ3v) is 11.6. The number of thioether (sulfide) groups is 1. The Labute approximate surface area is 244 Å². The number of fused-ring (bicyclic) bond motifs is 1. The van der Waals surface area contributed by atoms with Crippen molar-refractivity contribution in [2.75, 3.05) is 13.1 Å². The SMILES string of the molecule is CC1SC(C#N)NC1[C@H](C1CCC1)C1CCCC(n2cc3c(C(F)(F)F)cc(CN4CCC[C@H](C)C4)cn3c2=O)C1. The van der Waals surface area contributed by atoms with Crippen LogP contribution in [0.1, 0.15) is 88.8 Å². The molecule has 2 saturated carbocycles. The van der Waals surface area contributed by atoms with Crippen molar-refractivity contribution in [3.8, 4) is 6.07 Å². The topological polar surface area (TPSA) is 65.5 Å². The fourth-order valence-electron chi connectivity index (χ4n) is 8.27. The summed E-state index contributed by atoms with van der Waals surface area (Å²) in [7, 11) is 0. The van der Waals surface area contributed by atoms with E-state index in [1.807, 2.05) is 0 Å². The number of nitriles is 1. The molecule has 5 unspecified atom stereocenters. The average molecular weight is 590 g/mol. The number of hydrogen-bond acceptors (Lipinski definition) is 5. The Hall–Kier alpha value is -1.96. The molecule has 2 aromatic rings. The first kappa shape index (κ1) is 29.1. The lowest BCUT2D eigenvalue weighted by molar-refractivity contribution is -0.136. The zero-order valence-electron chi connectivity index (χ0n) is 24.1. The van der Waals surface area contributed by atoms with Crippen molar-refractivity contribution in [3.63, 3.8) is 0 Å². The molecule has 10 heteroatoms. The van der Waals surface area contributed by atoms with Gasteiger partial charge in [-0.1, -0.05) is 39.5 Å². The second-order valence-electron chi connectivity index (χ2n) is 13.2. The molecule has 2 aliphatic carbocycles. The van der Waals surface area contributed by atoms with Gasteiger partial charge in [0, 0.05) is 42.8 Å². The lowest BCUT2D eigenvalue weighted by Crippen LogP contribution is -2.48. The molecule has 4 fully saturated rings. The minimum atomic E-state index is -4.54. The Morgan fingerprint density at radius 2 is 1.85 bits per heavy atom. The van der Waals surface area contributed by atoms with Crippen LogP contribution in [-0.4, -0.2) is 43.6 Å². The van der Waals surface area contributed by atoms with E-state index in [2.05, 4.69) is 30.1 Å². The molecule has 0 amide bonds. The van der Waals surface area contributed by atoms with Crippen LogP contribution >= 0.6 is 11.8 Å². The highest BCUT2D eigenvalue weighted by atomic mass is 32.2. The molecule has 224 valence electrons. The van der Waals surface area contributed by atoms with Crippen LogP contribution in [0.15, 0.2) is 23.3 Å². The van der Waals surface area contributed by atoms with Gasteiger partial charge in [0.1, 0.15) is 5.37 Å². The number of hydrogen-bond donors (Lipinski definition) is 1. The van der Waals surface area contributed by atoms with Crippen molar-refractivity contribution in [2.45, 2.75) is 107 Å². The Balaban J connectivity index is 1.30. The summed E-state index contributed by atoms with van der Waals surface area (Å²) in [6.45, 7) is 6.54. The number of imidazole rings is 1. The predicted octanol–water partition coefficient (Wildman–Crippen LogP) is 6.44. The molecule has 1 N–H and O–H groups in total. The number of piperidine rings is 1. The van der Waals surface area contributed by atoms with Crippen molar-refractivity contribution in [1.29, 1.82) is 5.26 Å². The predicted molar refractivity (Wildman–Crippen MR) is 156 cm³/mol. The van der Waals surface area contributed by atoms with Gasteiger partial charge in [-0.15, -0.1) is 11.8 Å². The quantitative estimate of drug-likeness (QED) is 0.420. The van der Waals surface area contributed by atoms with Crippen molar-refractivity contribution in [2.24, 2.45) is 23.7 Å². The standard InChI is InChI=1S/C31H42F3N5OS/c1-19-6-5-11-37(15-19)16-21-12-25(31(32,33)34)26-18-38(30(40)39(26)17-21)24-10-4-9-23(13-24)28(22-7-3-8-22)29-20(2)41-27(14-35)36-29/h12,17-20,22-24,27-29,36H,3-11,13,15-16H2,1-2H3/t19-,20?,23?,24?,27?,28+,29?/m0/s1. The number of halogens is 3. The highest BCUT2D eigenvalue weighted by molar-refractivity contribution is 8.01. The largest absolute Gasteiger partial charge is 0.418 e. The molecule has 2 aromatic heterocycles. The maximum absolute atomic E-state index is 14.3. The van der Waals surface area contributed by atoms with Crippen LogP contribution in [0.3, 0.4) is 0 Å². The van der Waals surface area contributed by atoms with Crippen molar-refractivity contribution in [3.05, 3.63) is 40.1 Å². The number of nitrogens with one attached hydrogen (secondary N) is 1. The molecule has 7 atom stereocenters. The molecule has 0 spiro atoms. The molecule has 0 aromatic carbocycles. The van der Waals surface area contributed by atoms with E-state index in [0.29, 0.717) is 41.0 Å². The third kappa shape index (κ3) is 5.83. The van der Waals surface area contributed by atoms with Gasteiger partial charge in [-0.2, -0.15) is 18.4 Å². The lowest BCUT2D eigenvalue weighted by Gasteiger charge is -2.45. The summed E-state index contributed by atoms with van der Waals surface area (Å²) in [5.74, 6) is 1.93. The van der Waals surface area contributed by atoms with Gasteiger partial charge in [0.25, 0.3) is 0 Å². The fourth-order valence-corrected chi connectivity index (χ4v) is 9.42. The molecule has 6 nitrogen and oxygen atoms in total. The van der Waals surface area contributed by atoms with E-state index >= 15 is 0 Å². The summed E-state index contributed by atoms with van der Waals surface area (Å²) in [5, 5.41) is 13.3. The second kappa shape index (κ2) is 11.6. The molecular formula is C31H42F3N5OS. The first-order valence-corrected chi connectivity index (χ1v) is 16.4. The Kier molecular flexibility index (Phi) is 8.25. The van der Waals surface area contributed by atoms with E-state index in [1.54, 1.807) is 22.5 Å². The molecule has 4 heterocycles. The number of aromatic nitrogens is 2. The monoisotopic (exact) mass is 589 g/mol. The Bertz CT molecular complexity index is 1340. The van der Waals surface area contributed by atoms with Crippen LogP contribution in [0.25, 0.3) is 5.52 Å². The second-order valence-corrected chi connectivity index (χ2v) is 14.7. The molecule has 6 rings (SSSR count). The van der Waals surface area contributed by atoms with Crippen molar-refractivity contribution in [1.82, 2.24) is 19.2 Å². The van der Waals surface area contributed by atoms with Gasteiger partial charge >= 0.3 is 11.9 Å². The smallest absolute Gasteiger partial charge is 0.299 e. The highest BCUT2D eigenvalue weighted by Crippen LogP contribution is 2.49. The van der Waals surface area contributed by atoms with E-state index < -0.39 is 11.7 Å². The Morgan fingerprint density at radius 3 is 2.51 bits per heavy atom. The number of alkyl halides is 3. The molecular weight excluding hydrogens is 547 g/mol. The molecule has 0 radical (unpaired) electrons. The van der Waals surface area contributed by atoms with Crippen LogP contribution in [0.5, 0.6) is 0 Å². The van der Waals surface area contributed by atoms with Crippen LogP contribution in [-0.2, 0) is 12.7 Å². The summed E-state index contributed by atoms with van der Waals surface area (Å²) in [5.41, 5.74) is -0.594. The van der Waals surface area contributed by atoms with Crippen LogP contribution in [0.2, 0.25) is 0 Å². The summed E-state index contributed by atoms with van der Waals surface area (Å²) in [6.07, 6.45) is 8.00. The van der Waals surface area contributed by atoms with E-state index in [1.165, 1.54) is 35.9 Å². The van der Waals surface area contributed by atoms with E-state index in [-0.39, 0.29) is 28.7 Å². The summed E-state index contributed by atoms with van der Waals surface area (Å²) in [6, 6.07) is 3.76. The van der Waals surface area contributed by atoms with E-state index in [9.17, 15) is 23.2 Å². The highest BCUT2D eigenvalue weighted by Gasteiger charge is 2.46. The van der Waals surface area contributed by atoms with Gasteiger partial charge in [0.15, 0.2) is 0 Å². The number of rotatable bonds is 6. The molecule has 41 heavy (non-hydrogen) atoms. The minimum absolute atomic E-state index is 0.0460. The van der Waals surface area contributed by atoms with Gasteiger partial charge in [-0.05, 0) is 74.0 Å². The summed E-state index contributed by atoms with van der Waals surface area (Å²) >= 11 is 1.70. The van der Waals surface area contributed by atoms with Crippen molar-refractivity contribution >= 4 is 17.3 Å². The number of nitrogens with zero attached hydrogens (tertiary/aromatic N) is 4. The van der Waals surface area contributed by atoms with Crippen molar-refractivity contribution < 1.29 is 13.2 Å². The maximum Gasteiger partial charge on any atom is 0.418 e. The molecule has 2 saturated heterocycles. The van der Waals surface area contributed by atoms with Gasteiger partial charge in [-0.25, -0.2) is 4.79 Å². The zero-order valence-corrected chi connectivity index (χ0v) is 24.9. The van der Waals surface area contributed by atoms with E-state index in [0.717, 1.165) is 51.6 Å². The van der Waals surface area contributed by atoms with E-state index in [4.69, 9.17) is 0 Å². The summed E-state index contributed by atoms with van der Waals surface area (Å²) in [4.78, 5) is 16.0. The summed E-state index contributed by atoms with van der Waals surface area (Å²) < 4.78 is 45.8. The van der Waals surface area contributed by atoms with Gasteiger partial charge in [0.05, 0.1) is 17.1 Å². The van der Waals surface area contributed by atoms with Crippen LogP contribution in [0, 0.1) is 35.0 Å². The third-order valence-electron chi connectivity index (χ3n) is 10.4. The molecule has 2 aliphatic heterocycles. The number of pyridine rings is 1. The van der Waals surface area contributed by atoms with Gasteiger partial charge in [0.2, 0.25) is 0 Å². The number of likely N-dealkylation sites (tertiary alicyclic amines) is 1.